The molecule has 2 atom stereocenters. The number of hydrazone groups is 1. The summed E-state index contributed by atoms with van der Waals surface area (Å²) in [4.78, 5) is 0. The van der Waals surface area contributed by atoms with E-state index in [4.69, 9.17) is 14.3 Å². The number of hydrogen-bond acceptors (Lipinski definition) is 4. The molecular weight excluding hydrogens is 316 g/mol. The Hall–Kier alpha value is -0.393. The minimum atomic E-state index is -1.58. The molecule has 0 aliphatic carbocycles. The van der Waals surface area contributed by atoms with Gasteiger partial charge in [0.15, 0.2) is 8.32 Å². The maximum atomic E-state index is 6.61. The lowest BCUT2D eigenvalue weighted by atomic mass is 9.92. The topological polar surface area (TPSA) is 34.1 Å². The van der Waals surface area contributed by atoms with Crippen LogP contribution in [0.4, 0.5) is 0 Å². The van der Waals surface area contributed by atoms with Crippen molar-refractivity contribution in [2.75, 3.05) is 20.3 Å². The third-order valence-corrected chi connectivity index (χ3v) is 5.68. The molecule has 4 nitrogen and oxygen atoms in total. The average molecular weight is 357 g/mol. The van der Waals surface area contributed by atoms with E-state index in [1.807, 2.05) is 0 Å². The van der Waals surface area contributed by atoms with E-state index in [9.17, 15) is 0 Å². The molecule has 0 aromatic rings. The molecule has 0 aromatic heterocycles. The van der Waals surface area contributed by atoms with Crippen LogP contribution in [-0.2, 0) is 9.16 Å². The van der Waals surface area contributed by atoms with Gasteiger partial charge >= 0.3 is 0 Å². The van der Waals surface area contributed by atoms with Crippen LogP contribution >= 0.6 is 0 Å². The molecule has 0 aromatic carbocycles. The zero-order valence-corrected chi connectivity index (χ0v) is 18.2. The minimum absolute atomic E-state index is 0.0776. The van der Waals surface area contributed by atoms with Crippen LogP contribution in [0.2, 0.25) is 19.6 Å². The molecule has 0 saturated carbocycles. The van der Waals surface area contributed by atoms with Crippen molar-refractivity contribution < 1.29 is 9.16 Å². The van der Waals surface area contributed by atoms with Gasteiger partial charge in [0, 0.05) is 25.8 Å². The molecule has 0 N–H and O–H groups in total. The number of nitrogens with zero attached hydrogens (tertiary/aromatic N) is 2. The van der Waals surface area contributed by atoms with Gasteiger partial charge in [-0.3, -0.25) is 5.01 Å². The number of hydrogen-bond donors (Lipinski definition) is 0. The van der Waals surface area contributed by atoms with E-state index in [1.54, 1.807) is 7.11 Å². The van der Waals surface area contributed by atoms with Crippen LogP contribution in [0.1, 0.15) is 65.7 Å². The lowest BCUT2D eigenvalue weighted by Gasteiger charge is -2.37. The van der Waals surface area contributed by atoms with E-state index < -0.39 is 8.32 Å². The second-order valence-corrected chi connectivity index (χ2v) is 12.8. The van der Waals surface area contributed by atoms with Crippen LogP contribution in [0.15, 0.2) is 5.10 Å². The van der Waals surface area contributed by atoms with Crippen LogP contribution in [0.3, 0.4) is 0 Å². The van der Waals surface area contributed by atoms with Gasteiger partial charge < -0.3 is 9.16 Å². The molecule has 1 heterocycles. The lowest BCUT2D eigenvalue weighted by molar-refractivity contribution is 0.0743. The van der Waals surface area contributed by atoms with Crippen LogP contribution in [0.5, 0.6) is 0 Å². The summed E-state index contributed by atoms with van der Waals surface area (Å²) in [6.45, 7) is 15.5. The second-order valence-electron chi connectivity index (χ2n) is 8.38. The van der Waals surface area contributed by atoms with Crippen LogP contribution in [0, 0.1) is 0 Å². The number of methoxy groups -OCH3 is 1. The van der Waals surface area contributed by atoms with Crippen molar-refractivity contribution in [3.63, 3.8) is 0 Å². The first-order valence-electron chi connectivity index (χ1n) is 9.75. The molecule has 5 heteroatoms. The fourth-order valence-corrected chi connectivity index (χ4v) is 5.28. The van der Waals surface area contributed by atoms with E-state index in [1.165, 1.54) is 31.4 Å². The monoisotopic (exact) mass is 356 g/mol. The van der Waals surface area contributed by atoms with Gasteiger partial charge in [-0.15, -0.1) is 0 Å². The van der Waals surface area contributed by atoms with Gasteiger partial charge in [-0.05, 0) is 52.2 Å². The molecule has 142 valence electrons. The molecular formula is C19H40N2O2Si. The zero-order valence-electron chi connectivity index (χ0n) is 17.2. The summed E-state index contributed by atoms with van der Waals surface area (Å²) in [5, 5.41) is 7.28. The summed E-state index contributed by atoms with van der Waals surface area (Å²) in [6, 6.07) is 0.441. The predicted octanol–water partition coefficient (Wildman–Crippen LogP) is 5.05. The second kappa shape index (κ2) is 9.93. The van der Waals surface area contributed by atoms with Crippen molar-refractivity contribution in [2.45, 2.75) is 97.0 Å². The first-order valence-corrected chi connectivity index (χ1v) is 13.2. The normalized spacial score (nSPS) is 22.0. The Kier molecular flexibility index (Phi) is 8.95. The highest BCUT2D eigenvalue weighted by atomic mass is 28.4. The highest BCUT2D eigenvalue weighted by Crippen LogP contribution is 2.29. The lowest BCUT2D eigenvalue weighted by Crippen LogP contribution is -2.42. The molecule has 1 rings (SSSR count). The summed E-state index contributed by atoms with van der Waals surface area (Å²) in [5.74, 6) is 0. The Balaban J connectivity index is 2.85. The molecule has 1 fully saturated rings. The van der Waals surface area contributed by atoms with E-state index in [0.717, 1.165) is 32.4 Å². The molecule has 24 heavy (non-hydrogen) atoms. The minimum Gasteiger partial charge on any atom is -0.412 e. The maximum Gasteiger partial charge on any atom is 0.184 e. The van der Waals surface area contributed by atoms with Crippen LogP contribution in [-0.4, -0.2) is 50.9 Å². The summed E-state index contributed by atoms with van der Waals surface area (Å²) in [6.07, 6.45) is 7.89. The van der Waals surface area contributed by atoms with Gasteiger partial charge in [0.1, 0.15) is 0 Å². The SMILES string of the molecule is CCCCC(C)(C/C(CC)=N/N1CCC[C@H]1COC)O[Si](C)(C)C. The molecule has 0 bridgehead atoms. The average Bonchev–Trinajstić information content (AvgIpc) is 2.90. The Morgan fingerprint density at radius 2 is 2.00 bits per heavy atom. The predicted molar refractivity (Wildman–Crippen MR) is 106 cm³/mol. The van der Waals surface area contributed by atoms with E-state index in [2.05, 4.69) is 45.4 Å². The van der Waals surface area contributed by atoms with Crippen molar-refractivity contribution in [1.29, 1.82) is 0 Å². The molecule has 1 aliphatic rings. The highest BCUT2D eigenvalue weighted by Gasteiger charge is 2.33. The standard InChI is InChI=1S/C19H40N2O2Si/c1-8-10-13-19(3,23-24(5,6)7)15-17(9-2)20-21-14-11-12-18(21)16-22-4/h18H,8-16H2,1-7H3/b20-17+/t18-,19?/m0/s1. The van der Waals surface area contributed by atoms with Crippen molar-refractivity contribution in [2.24, 2.45) is 5.10 Å². The number of rotatable bonds is 11. The van der Waals surface area contributed by atoms with Gasteiger partial charge in [-0.2, -0.15) is 5.10 Å². The van der Waals surface area contributed by atoms with Crippen LogP contribution in [0.25, 0.3) is 0 Å². The van der Waals surface area contributed by atoms with Crippen molar-refractivity contribution in [1.82, 2.24) is 5.01 Å². The first-order chi connectivity index (χ1) is 11.2. The van der Waals surface area contributed by atoms with E-state index >= 15 is 0 Å². The van der Waals surface area contributed by atoms with Gasteiger partial charge in [-0.25, -0.2) is 0 Å². The summed E-state index contributed by atoms with van der Waals surface area (Å²) in [7, 11) is 0.201. The van der Waals surface area contributed by atoms with Crippen LogP contribution < -0.4 is 0 Å². The van der Waals surface area contributed by atoms with E-state index in [0.29, 0.717) is 6.04 Å². The van der Waals surface area contributed by atoms with E-state index in [-0.39, 0.29) is 5.60 Å². The number of unbranched alkanes of at least 4 members (excludes halogenated alkanes) is 1. The molecule has 1 unspecified atom stereocenters. The first kappa shape index (κ1) is 21.6. The van der Waals surface area contributed by atoms with Crippen molar-refractivity contribution in [3.05, 3.63) is 0 Å². The molecule has 1 saturated heterocycles. The highest BCUT2D eigenvalue weighted by molar-refractivity contribution is 6.69. The largest absolute Gasteiger partial charge is 0.412 e. The third kappa shape index (κ3) is 7.66. The molecule has 0 amide bonds. The summed E-state index contributed by atoms with van der Waals surface area (Å²) < 4.78 is 12.0. The number of ether oxygens (including phenoxy) is 1. The molecule has 1 aliphatic heterocycles. The van der Waals surface area contributed by atoms with Crippen molar-refractivity contribution in [3.8, 4) is 0 Å². The fraction of sp³-hybridized carbons (Fsp3) is 0.947. The Morgan fingerprint density at radius 3 is 2.54 bits per heavy atom. The summed E-state index contributed by atoms with van der Waals surface area (Å²) >= 11 is 0. The Bertz CT molecular complexity index is 395. The maximum absolute atomic E-state index is 6.61. The molecule has 0 spiro atoms. The molecule has 0 radical (unpaired) electrons. The smallest absolute Gasteiger partial charge is 0.184 e. The van der Waals surface area contributed by atoms with Gasteiger partial charge in [0.2, 0.25) is 0 Å². The Labute approximate surface area is 151 Å². The van der Waals surface area contributed by atoms with Gasteiger partial charge in [0.05, 0.1) is 18.2 Å². The summed E-state index contributed by atoms with van der Waals surface area (Å²) in [5.41, 5.74) is 1.20. The van der Waals surface area contributed by atoms with Crippen molar-refractivity contribution >= 4 is 14.0 Å². The fourth-order valence-electron chi connectivity index (χ4n) is 3.62. The van der Waals surface area contributed by atoms with Gasteiger partial charge in [0.25, 0.3) is 0 Å². The van der Waals surface area contributed by atoms with Gasteiger partial charge in [-0.1, -0.05) is 26.7 Å². The quantitative estimate of drug-likeness (QED) is 0.383. The zero-order chi connectivity index (χ0) is 18.2. The third-order valence-electron chi connectivity index (χ3n) is 4.57. The Morgan fingerprint density at radius 1 is 1.29 bits per heavy atom.